The van der Waals surface area contributed by atoms with Crippen molar-refractivity contribution < 1.29 is 22.4 Å². The number of hydrogen-bond donors (Lipinski definition) is 1. The number of nitrogens with one attached hydrogen (secondary N) is 1. The summed E-state index contributed by atoms with van der Waals surface area (Å²) in [6, 6.07) is 0. The Balaban J connectivity index is 2.87. The lowest BCUT2D eigenvalue weighted by atomic mass is 10.2. The fraction of sp³-hybridized carbons (Fsp3) is 0.500. The molecule has 0 aliphatic rings. The molecule has 4 nitrogen and oxygen atoms in total. The van der Waals surface area contributed by atoms with Gasteiger partial charge in [-0.2, -0.15) is 22.5 Å². The third-order valence-corrected chi connectivity index (χ3v) is 2.44. The van der Waals surface area contributed by atoms with Gasteiger partial charge in [-0.15, -0.1) is 0 Å². The van der Waals surface area contributed by atoms with Crippen LogP contribution in [-0.4, -0.2) is 31.0 Å². The first-order valence-corrected chi connectivity index (χ1v) is 5.91. The van der Waals surface area contributed by atoms with Gasteiger partial charge in [-0.25, -0.2) is 0 Å². The van der Waals surface area contributed by atoms with Crippen LogP contribution in [0.15, 0.2) is 0 Å². The molecule has 0 atom stereocenters. The Morgan fingerprint density at radius 1 is 1.20 bits per heavy atom. The number of likely N-dealkylation sites (N-methyl/N-ethyl adjacent to an activating group) is 1. The summed E-state index contributed by atoms with van der Waals surface area (Å²) in [5.74, 6) is -7.10. The zero-order valence-electron chi connectivity index (χ0n) is 11.3. The summed E-state index contributed by atoms with van der Waals surface area (Å²) in [5.41, 5.74) is -0.963. The van der Waals surface area contributed by atoms with Crippen LogP contribution >= 0.6 is 0 Å². The van der Waals surface area contributed by atoms with Crippen molar-refractivity contribution in [2.24, 2.45) is 5.92 Å². The van der Waals surface area contributed by atoms with Crippen LogP contribution in [0.4, 0.5) is 23.2 Å². The molecule has 0 bridgehead atoms. The summed E-state index contributed by atoms with van der Waals surface area (Å²) in [4.78, 5) is 14.8. The van der Waals surface area contributed by atoms with E-state index in [4.69, 9.17) is 0 Å². The SMILES string of the molecule is CC(C)CNC(=O)CN(C)c1c(F)c(F)nc(F)c1F. The molecule has 8 heteroatoms. The van der Waals surface area contributed by atoms with Crippen molar-refractivity contribution in [2.45, 2.75) is 13.8 Å². The van der Waals surface area contributed by atoms with Crippen molar-refractivity contribution in [1.29, 1.82) is 0 Å². The van der Waals surface area contributed by atoms with Crippen molar-refractivity contribution in [3.63, 3.8) is 0 Å². The molecule has 20 heavy (non-hydrogen) atoms. The largest absolute Gasteiger partial charge is 0.360 e. The highest BCUT2D eigenvalue weighted by molar-refractivity contribution is 5.81. The minimum Gasteiger partial charge on any atom is -0.360 e. The number of anilines is 1. The smallest absolute Gasteiger partial charge is 0.253 e. The number of nitrogens with zero attached hydrogens (tertiary/aromatic N) is 2. The second-order valence-electron chi connectivity index (χ2n) is 4.72. The predicted octanol–water partition coefficient (Wildman–Crippen LogP) is 1.85. The summed E-state index contributed by atoms with van der Waals surface area (Å²) in [7, 11) is 1.15. The van der Waals surface area contributed by atoms with Crippen molar-refractivity contribution in [2.75, 3.05) is 25.0 Å². The highest BCUT2D eigenvalue weighted by Gasteiger charge is 2.24. The van der Waals surface area contributed by atoms with Gasteiger partial charge in [0.25, 0.3) is 11.9 Å². The molecular formula is C12H15F4N3O. The molecule has 0 aliphatic carbocycles. The van der Waals surface area contributed by atoms with E-state index in [9.17, 15) is 22.4 Å². The average molecular weight is 293 g/mol. The first-order chi connectivity index (χ1) is 9.23. The minimum absolute atomic E-state index is 0.202. The number of amides is 1. The Morgan fingerprint density at radius 2 is 1.70 bits per heavy atom. The monoisotopic (exact) mass is 293 g/mol. The van der Waals surface area contributed by atoms with E-state index in [2.05, 4.69) is 10.3 Å². The molecule has 112 valence electrons. The molecule has 0 radical (unpaired) electrons. The Kier molecular flexibility index (Phi) is 5.29. The number of pyridine rings is 1. The Hall–Kier alpha value is -1.86. The maximum Gasteiger partial charge on any atom is 0.253 e. The second kappa shape index (κ2) is 6.53. The summed E-state index contributed by atoms with van der Waals surface area (Å²) in [5, 5.41) is 2.52. The molecule has 1 aromatic rings. The van der Waals surface area contributed by atoms with Gasteiger partial charge in [0.2, 0.25) is 17.5 Å². The van der Waals surface area contributed by atoms with Crippen molar-refractivity contribution in [1.82, 2.24) is 10.3 Å². The fourth-order valence-electron chi connectivity index (χ4n) is 1.48. The average Bonchev–Trinajstić information content (AvgIpc) is 2.34. The van der Waals surface area contributed by atoms with Crippen molar-refractivity contribution >= 4 is 11.6 Å². The predicted molar refractivity (Wildman–Crippen MR) is 65.2 cm³/mol. The fourth-order valence-corrected chi connectivity index (χ4v) is 1.48. The summed E-state index contributed by atoms with van der Waals surface area (Å²) in [6.45, 7) is 3.69. The van der Waals surface area contributed by atoms with Crippen LogP contribution in [0.25, 0.3) is 0 Å². The molecule has 1 aromatic heterocycles. The van der Waals surface area contributed by atoms with Gasteiger partial charge in [0.05, 0.1) is 6.54 Å². The van der Waals surface area contributed by atoms with E-state index < -0.39 is 41.7 Å². The normalized spacial score (nSPS) is 10.8. The molecule has 0 aliphatic heterocycles. The molecule has 0 saturated heterocycles. The molecule has 1 rings (SSSR count). The van der Waals surface area contributed by atoms with E-state index in [1.165, 1.54) is 0 Å². The summed E-state index contributed by atoms with van der Waals surface area (Å²) >= 11 is 0. The standard InChI is InChI=1S/C12H15F4N3O/c1-6(2)4-17-7(20)5-19(3)10-8(13)11(15)18-12(16)9(10)14/h6H,4-5H2,1-3H3,(H,17,20). The molecule has 1 heterocycles. The number of carbonyl (C=O) groups excluding carboxylic acids is 1. The molecule has 1 amide bonds. The van der Waals surface area contributed by atoms with Gasteiger partial charge in [0.1, 0.15) is 5.69 Å². The highest BCUT2D eigenvalue weighted by atomic mass is 19.2. The molecule has 0 saturated carbocycles. The van der Waals surface area contributed by atoms with Crippen molar-refractivity contribution in [3.05, 3.63) is 23.5 Å². The zero-order chi connectivity index (χ0) is 15.4. The van der Waals surface area contributed by atoms with Crippen molar-refractivity contribution in [3.8, 4) is 0 Å². The number of hydrogen-bond acceptors (Lipinski definition) is 3. The van der Waals surface area contributed by atoms with E-state index in [0.717, 1.165) is 11.9 Å². The minimum atomic E-state index is -1.76. The Labute approximate surface area is 113 Å². The van der Waals surface area contributed by atoms with Crippen LogP contribution in [0.2, 0.25) is 0 Å². The van der Waals surface area contributed by atoms with Gasteiger partial charge in [-0.1, -0.05) is 13.8 Å². The van der Waals surface area contributed by atoms with Gasteiger partial charge in [-0.05, 0) is 5.92 Å². The lowest BCUT2D eigenvalue weighted by Gasteiger charge is -2.20. The third kappa shape index (κ3) is 3.82. The van der Waals surface area contributed by atoms with Crippen LogP contribution in [0.5, 0.6) is 0 Å². The van der Waals surface area contributed by atoms with Crippen LogP contribution < -0.4 is 10.2 Å². The van der Waals surface area contributed by atoms with Crippen LogP contribution in [0.1, 0.15) is 13.8 Å². The molecule has 0 aromatic carbocycles. The lowest BCUT2D eigenvalue weighted by Crippen LogP contribution is -2.37. The van der Waals surface area contributed by atoms with Gasteiger partial charge >= 0.3 is 0 Å². The quantitative estimate of drug-likeness (QED) is 0.665. The van der Waals surface area contributed by atoms with Gasteiger partial charge in [0, 0.05) is 13.6 Å². The van der Waals surface area contributed by atoms with Crippen LogP contribution in [-0.2, 0) is 4.79 Å². The number of halogens is 4. The summed E-state index contributed by atoms with van der Waals surface area (Å²) < 4.78 is 52.8. The van der Waals surface area contributed by atoms with E-state index in [1.807, 2.05) is 13.8 Å². The first kappa shape index (κ1) is 16.2. The molecule has 1 N–H and O–H groups in total. The zero-order valence-corrected chi connectivity index (χ0v) is 11.3. The van der Waals surface area contributed by atoms with E-state index in [-0.39, 0.29) is 5.92 Å². The highest BCUT2D eigenvalue weighted by Crippen LogP contribution is 2.24. The van der Waals surface area contributed by atoms with E-state index >= 15 is 0 Å². The van der Waals surface area contributed by atoms with Crippen LogP contribution in [0.3, 0.4) is 0 Å². The van der Waals surface area contributed by atoms with E-state index in [0.29, 0.717) is 6.54 Å². The number of aromatic nitrogens is 1. The second-order valence-corrected chi connectivity index (χ2v) is 4.72. The molecule has 0 spiro atoms. The lowest BCUT2D eigenvalue weighted by molar-refractivity contribution is -0.119. The number of carbonyl (C=O) groups is 1. The van der Waals surface area contributed by atoms with E-state index in [1.54, 1.807) is 0 Å². The van der Waals surface area contributed by atoms with Crippen LogP contribution in [0, 0.1) is 29.4 Å². The third-order valence-electron chi connectivity index (χ3n) is 2.44. The maximum atomic E-state index is 13.4. The molecule has 0 unspecified atom stereocenters. The number of rotatable bonds is 5. The Morgan fingerprint density at radius 3 is 2.15 bits per heavy atom. The molecular weight excluding hydrogens is 278 g/mol. The maximum absolute atomic E-state index is 13.4. The summed E-state index contributed by atoms with van der Waals surface area (Å²) in [6.07, 6.45) is 0. The van der Waals surface area contributed by atoms with Gasteiger partial charge < -0.3 is 10.2 Å². The molecule has 0 fully saturated rings. The van der Waals surface area contributed by atoms with Gasteiger partial charge in [-0.3, -0.25) is 4.79 Å². The van der Waals surface area contributed by atoms with Gasteiger partial charge in [0.15, 0.2) is 0 Å². The topological polar surface area (TPSA) is 45.2 Å². The Bertz CT molecular complexity index is 482. The first-order valence-electron chi connectivity index (χ1n) is 5.91.